The second-order valence-corrected chi connectivity index (χ2v) is 7.92. The highest BCUT2D eigenvalue weighted by atomic mass is 79.9. The Bertz CT molecular complexity index is 836. The first kappa shape index (κ1) is 19.3. The minimum atomic E-state index is -3.45. The molecule has 6 nitrogen and oxygen atoms in total. The van der Waals surface area contributed by atoms with Crippen LogP contribution in [0.15, 0.2) is 58.0 Å². The first-order valence-corrected chi connectivity index (χ1v) is 10.3. The van der Waals surface area contributed by atoms with Crippen LogP contribution in [-0.4, -0.2) is 27.2 Å². The lowest BCUT2D eigenvalue weighted by atomic mass is 10.2. The second kappa shape index (κ2) is 8.87. The Morgan fingerprint density at radius 1 is 1.20 bits per heavy atom. The monoisotopic (exact) mass is 425 g/mol. The molecule has 0 aliphatic heterocycles. The predicted molar refractivity (Wildman–Crippen MR) is 104 cm³/mol. The first-order chi connectivity index (χ1) is 11.9. The summed E-state index contributed by atoms with van der Waals surface area (Å²) in [5.41, 5.74) is 1.66. The Hall–Kier alpha value is -2.06. The maximum Gasteiger partial charge on any atom is 0.232 e. The predicted octanol–water partition coefficient (Wildman–Crippen LogP) is 3.37. The minimum Gasteiger partial charge on any atom is -0.494 e. The Labute approximate surface area is 156 Å². The summed E-state index contributed by atoms with van der Waals surface area (Å²) < 4.78 is 31.9. The van der Waals surface area contributed by atoms with Gasteiger partial charge < -0.3 is 10.1 Å². The van der Waals surface area contributed by atoms with E-state index in [1.54, 1.807) is 24.3 Å². The largest absolute Gasteiger partial charge is 0.494 e. The maximum atomic E-state index is 11.6. The van der Waals surface area contributed by atoms with Gasteiger partial charge in [-0.2, -0.15) is 0 Å². The van der Waals surface area contributed by atoms with E-state index in [2.05, 4.69) is 31.0 Å². The van der Waals surface area contributed by atoms with Gasteiger partial charge in [0.1, 0.15) is 5.75 Å². The number of hydrogen-bond acceptors (Lipinski definition) is 4. The third kappa shape index (κ3) is 7.15. The lowest BCUT2D eigenvalue weighted by Gasteiger charge is -2.12. The average molecular weight is 426 g/mol. The standard InChI is InChI=1S/C17H20BrN3O3S/c1-3-24-16-9-7-15(8-10-16)20-17(21-25(2,22)23)19-12-13-5-4-6-14(18)11-13/h4-11H,3,12H2,1-2H3,(H2,19,20,21). The van der Waals surface area contributed by atoms with Crippen LogP contribution in [0.25, 0.3) is 0 Å². The lowest BCUT2D eigenvalue weighted by molar-refractivity contribution is 0.340. The van der Waals surface area contributed by atoms with Crippen LogP contribution in [0.5, 0.6) is 5.75 Å². The van der Waals surface area contributed by atoms with Crippen molar-refractivity contribution in [2.24, 2.45) is 4.99 Å². The number of anilines is 1. The molecule has 0 saturated carbocycles. The normalized spacial score (nSPS) is 11.9. The summed E-state index contributed by atoms with van der Waals surface area (Å²) in [5, 5.41) is 2.98. The van der Waals surface area contributed by atoms with Gasteiger partial charge >= 0.3 is 0 Å². The fraction of sp³-hybridized carbons (Fsp3) is 0.235. The van der Waals surface area contributed by atoms with Gasteiger partial charge in [-0.1, -0.05) is 28.1 Å². The fourth-order valence-corrected chi connectivity index (χ4v) is 2.93. The van der Waals surface area contributed by atoms with Crippen molar-refractivity contribution in [2.75, 3.05) is 18.2 Å². The summed E-state index contributed by atoms with van der Waals surface area (Å²) in [6.07, 6.45) is 1.08. The van der Waals surface area contributed by atoms with Crippen LogP contribution >= 0.6 is 15.9 Å². The molecule has 2 rings (SSSR count). The number of aliphatic imine (C=N–C) groups is 1. The quantitative estimate of drug-likeness (QED) is 0.549. The van der Waals surface area contributed by atoms with Crippen molar-refractivity contribution >= 4 is 37.6 Å². The highest BCUT2D eigenvalue weighted by molar-refractivity contribution is 9.10. The molecule has 0 fully saturated rings. The van der Waals surface area contributed by atoms with Crippen LogP contribution in [0.4, 0.5) is 5.69 Å². The van der Waals surface area contributed by atoms with Gasteiger partial charge in [0.2, 0.25) is 16.0 Å². The van der Waals surface area contributed by atoms with Crippen LogP contribution in [0, 0.1) is 0 Å². The van der Waals surface area contributed by atoms with Gasteiger partial charge in [-0.15, -0.1) is 0 Å². The zero-order valence-corrected chi connectivity index (χ0v) is 16.4. The number of nitrogens with zero attached hydrogens (tertiary/aromatic N) is 1. The van der Waals surface area contributed by atoms with Crippen molar-refractivity contribution < 1.29 is 13.2 Å². The van der Waals surface area contributed by atoms with E-state index < -0.39 is 10.0 Å². The van der Waals surface area contributed by atoms with Gasteiger partial charge in [0, 0.05) is 10.2 Å². The van der Waals surface area contributed by atoms with Gasteiger partial charge in [-0.3, -0.25) is 4.72 Å². The number of benzene rings is 2. The molecule has 0 unspecified atom stereocenters. The van der Waals surface area contributed by atoms with E-state index in [0.29, 0.717) is 18.8 Å². The summed E-state index contributed by atoms with van der Waals surface area (Å²) in [4.78, 5) is 4.34. The lowest BCUT2D eigenvalue weighted by Crippen LogP contribution is -2.35. The van der Waals surface area contributed by atoms with Crippen molar-refractivity contribution in [3.63, 3.8) is 0 Å². The van der Waals surface area contributed by atoms with Crippen LogP contribution in [0.3, 0.4) is 0 Å². The molecule has 2 N–H and O–H groups in total. The molecule has 0 amide bonds. The summed E-state index contributed by atoms with van der Waals surface area (Å²) >= 11 is 3.40. The average Bonchev–Trinajstić information content (AvgIpc) is 2.53. The van der Waals surface area contributed by atoms with Crippen molar-refractivity contribution in [1.82, 2.24) is 4.72 Å². The van der Waals surface area contributed by atoms with Gasteiger partial charge in [-0.05, 0) is 48.9 Å². The number of rotatable bonds is 6. The molecule has 25 heavy (non-hydrogen) atoms. The van der Waals surface area contributed by atoms with Crippen molar-refractivity contribution in [3.8, 4) is 5.75 Å². The molecule has 0 aliphatic carbocycles. The van der Waals surface area contributed by atoms with Crippen LogP contribution < -0.4 is 14.8 Å². The highest BCUT2D eigenvalue weighted by Gasteiger charge is 2.07. The van der Waals surface area contributed by atoms with Crippen molar-refractivity contribution in [1.29, 1.82) is 0 Å². The topological polar surface area (TPSA) is 79.8 Å². The minimum absolute atomic E-state index is 0.159. The van der Waals surface area contributed by atoms with Gasteiger partial charge in [0.15, 0.2) is 0 Å². The molecule has 0 aromatic heterocycles. The summed E-state index contributed by atoms with van der Waals surface area (Å²) in [6, 6.07) is 14.9. The molecule has 0 aliphatic rings. The Kier molecular flexibility index (Phi) is 6.83. The zero-order chi connectivity index (χ0) is 18.3. The van der Waals surface area contributed by atoms with Crippen molar-refractivity contribution in [3.05, 3.63) is 58.6 Å². The van der Waals surface area contributed by atoms with Gasteiger partial charge in [0.05, 0.1) is 19.4 Å². The number of nitrogens with one attached hydrogen (secondary N) is 2. The second-order valence-electron chi connectivity index (χ2n) is 5.25. The van der Waals surface area contributed by atoms with E-state index in [4.69, 9.17) is 4.74 Å². The number of guanidine groups is 1. The summed E-state index contributed by atoms with van der Waals surface area (Å²) in [7, 11) is -3.45. The third-order valence-corrected chi connectivity index (χ3v) is 4.08. The number of ether oxygens (including phenoxy) is 1. The molecule has 0 saturated heterocycles. The van der Waals surface area contributed by atoms with E-state index in [0.717, 1.165) is 22.0 Å². The van der Waals surface area contributed by atoms with E-state index in [1.807, 2.05) is 31.2 Å². The Morgan fingerprint density at radius 3 is 2.52 bits per heavy atom. The molecule has 0 spiro atoms. The van der Waals surface area contributed by atoms with Crippen LogP contribution in [-0.2, 0) is 16.6 Å². The van der Waals surface area contributed by atoms with Gasteiger partial charge in [0.25, 0.3) is 0 Å². The maximum absolute atomic E-state index is 11.6. The number of halogens is 1. The Balaban J connectivity index is 2.15. The molecule has 0 bridgehead atoms. The zero-order valence-electron chi connectivity index (χ0n) is 14.0. The van der Waals surface area contributed by atoms with E-state index in [9.17, 15) is 8.42 Å². The van der Waals surface area contributed by atoms with E-state index >= 15 is 0 Å². The van der Waals surface area contributed by atoms with Crippen LogP contribution in [0.2, 0.25) is 0 Å². The molecule has 2 aromatic carbocycles. The Morgan fingerprint density at radius 2 is 1.92 bits per heavy atom. The van der Waals surface area contributed by atoms with Crippen LogP contribution in [0.1, 0.15) is 12.5 Å². The SMILES string of the molecule is CCOc1ccc(NC(=NCc2cccc(Br)c2)NS(C)(=O)=O)cc1. The molecule has 0 atom stereocenters. The molecule has 0 heterocycles. The summed E-state index contributed by atoms with van der Waals surface area (Å²) in [6.45, 7) is 2.83. The van der Waals surface area contributed by atoms with Gasteiger partial charge in [-0.25, -0.2) is 13.4 Å². The molecule has 134 valence electrons. The molecule has 2 aromatic rings. The fourth-order valence-electron chi connectivity index (χ4n) is 2.02. The smallest absolute Gasteiger partial charge is 0.232 e. The third-order valence-electron chi connectivity index (χ3n) is 3.02. The van der Waals surface area contributed by atoms with Crippen molar-refractivity contribution in [2.45, 2.75) is 13.5 Å². The number of sulfonamides is 1. The molecular formula is C17H20BrN3O3S. The molecule has 8 heteroatoms. The number of hydrogen-bond donors (Lipinski definition) is 2. The molecule has 0 radical (unpaired) electrons. The van der Waals surface area contributed by atoms with E-state index in [1.165, 1.54) is 0 Å². The highest BCUT2D eigenvalue weighted by Crippen LogP contribution is 2.16. The summed E-state index contributed by atoms with van der Waals surface area (Å²) in [5.74, 6) is 0.906. The van der Waals surface area contributed by atoms with E-state index in [-0.39, 0.29) is 5.96 Å². The molecular weight excluding hydrogens is 406 g/mol. The first-order valence-electron chi connectivity index (χ1n) is 7.62.